The van der Waals surface area contributed by atoms with Crippen LogP contribution in [0, 0.1) is 0 Å². The van der Waals surface area contributed by atoms with Gasteiger partial charge in [0.1, 0.15) is 24.2 Å². The molecule has 0 aliphatic rings. The summed E-state index contributed by atoms with van der Waals surface area (Å²) >= 11 is 0. The van der Waals surface area contributed by atoms with Gasteiger partial charge in [-0.05, 0) is 25.5 Å². The van der Waals surface area contributed by atoms with E-state index in [1.807, 2.05) is 24.3 Å². The summed E-state index contributed by atoms with van der Waals surface area (Å²) in [5, 5.41) is 20.6. The summed E-state index contributed by atoms with van der Waals surface area (Å²) in [6.45, 7) is 2.86. The van der Waals surface area contributed by atoms with Crippen molar-refractivity contribution in [2.45, 2.75) is 63.3 Å². The number of nitrogens with two attached hydrogens (primary N) is 1. The van der Waals surface area contributed by atoms with Crippen molar-refractivity contribution >= 4 is 40.5 Å². The lowest BCUT2D eigenvalue weighted by Gasteiger charge is -2.24. The van der Waals surface area contributed by atoms with Gasteiger partial charge >= 0.3 is 5.97 Å². The Morgan fingerprint density at radius 1 is 0.756 bits per heavy atom. The van der Waals surface area contributed by atoms with Crippen LogP contribution in [0.3, 0.4) is 0 Å². The first-order chi connectivity index (χ1) is 21.5. The van der Waals surface area contributed by atoms with Crippen LogP contribution >= 0.6 is 0 Å². The maximum Gasteiger partial charge on any atom is 0.326 e. The molecule has 5 atom stereocenters. The number of H-pyrrole nitrogens is 3. The summed E-state index contributed by atoms with van der Waals surface area (Å²) in [6, 6.07) is 1.83. The van der Waals surface area contributed by atoms with Crippen LogP contribution in [0.2, 0.25) is 0 Å². The molecular weight excluding hydrogens is 584 g/mol. The second kappa shape index (κ2) is 14.8. The van der Waals surface area contributed by atoms with Gasteiger partial charge in [0.25, 0.3) is 0 Å². The molecule has 0 saturated carbocycles. The van der Waals surface area contributed by atoms with Gasteiger partial charge < -0.3 is 47.1 Å². The number of carboxylic acid groups (broad SMARTS) is 1. The molecule has 3 aromatic heterocycles. The van der Waals surface area contributed by atoms with E-state index in [9.17, 15) is 29.1 Å². The zero-order chi connectivity index (χ0) is 32.5. The van der Waals surface area contributed by atoms with Crippen molar-refractivity contribution < 1.29 is 29.1 Å². The number of aliphatic carboxylic acids is 1. The molecule has 0 unspecified atom stereocenters. The van der Waals surface area contributed by atoms with E-state index in [4.69, 9.17) is 5.73 Å². The van der Waals surface area contributed by atoms with Crippen LogP contribution in [-0.4, -0.2) is 89.8 Å². The number of aromatic amines is 3. The van der Waals surface area contributed by atoms with Gasteiger partial charge in [0.15, 0.2) is 0 Å². The molecule has 0 aliphatic carbocycles. The van der Waals surface area contributed by atoms with Crippen LogP contribution in [-0.2, 0) is 43.2 Å². The van der Waals surface area contributed by atoms with E-state index in [1.54, 1.807) is 12.4 Å². The Labute approximate surface area is 257 Å². The summed E-state index contributed by atoms with van der Waals surface area (Å²) in [7, 11) is 0. The molecule has 45 heavy (non-hydrogen) atoms. The summed E-state index contributed by atoms with van der Waals surface area (Å²) in [6.07, 6.45) is 7.75. The topological polar surface area (TPSA) is 253 Å². The maximum atomic E-state index is 13.5. The highest BCUT2D eigenvalue weighted by Crippen LogP contribution is 2.19. The number of carbonyl (C=O) groups excluding carboxylic acids is 4. The van der Waals surface area contributed by atoms with Crippen molar-refractivity contribution in [1.29, 1.82) is 0 Å². The minimum absolute atomic E-state index is 0.0455. The zero-order valence-corrected chi connectivity index (χ0v) is 24.7. The predicted octanol–water partition coefficient (Wildman–Crippen LogP) is -0.967. The Morgan fingerprint density at radius 3 is 1.93 bits per heavy atom. The highest BCUT2D eigenvalue weighted by atomic mass is 16.4. The number of aromatic nitrogens is 5. The van der Waals surface area contributed by atoms with Crippen LogP contribution in [0.15, 0.2) is 55.5 Å². The minimum Gasteiger partial charge on any atom is -0.480 e. The number of nitrogens with one attached hydrogen (secondary N) is 7. The first-order valence-electron chi connectivity index (χ1n) is 14.2. The Hall–Kier alpha value is -5.51. The second-order valence-corrected chi connectivity index (χ2v) is 10.7. The number of carboxylic acids is 1. The van der Waals surface area contributed by atoms with E-state index in [0.29, 0.717) is 11.4 Å². The van der Waals surface area contributed by atoms with Crippen molar-refractivity contribution in [3.8, 4) is 0 Å². The van der Waals surface area contributed by atoms with Crippen LogP contribution in [0.5, 0.6) is 0 Å². The molecular formula is C29H36N10O6. The first kappa shape index (κ1) is 32.4. The number of nitrogens with zero attached hydrogens (tertiary/aromatic N) is 2. The molecule has 0 radical (unpaired) electrons. The fourth-order valence-corrected chi connectivity index (χ4v) is 4.63. The first-order valence-corrected chi connectivity index (χ1v) is 14.2. The Morgan fingerprint density at radius 2 is 1.33 bits per heavy atom. The largest absolute Gasteiger partial charge is 0.480 e. The molecule has 0 saturated heterocycles. The van der Waals surface area contributed by atoms with E-state index in [2.05, 4.69) is 46.2 Å². The van der Waals surface area contributed by atoms with Gasteiger partial charge in [-0.15, -0.1) is 0 Å². The molecule has 0 aliphatic heterocycles. The number of rotatable bonds is 15. The van der Waals surface area contributed by atoms with Crippen molar-refractivity contribution in [2.75, 3.05) is 0 Å². The van der Waals surface area contributed by atoms with E-state index < -0.39 is 59.8 Å². The highest BCUT2D eigenvalue weighted by molar-refractivity contribution is 5.96. The number of carbonyl (C=O) groups is 5. The summed E-state index contributed by atoms with van der Waals surface area (Å²) < 4.78 is 0. The third kappa shape index (κ3) is 8.76. The monoisotopic (exact) mass is 620 g/mol. The molecule has 1 aromatic carbocycles. The van der Waals surface area contributed by atoms with E-state index >= 15 is 0 Å². The molecule has 0 bridgehead atoms. The third-order valence-corrected chi connectivity index (χ3v) is 7.16. The van der Waals surface area contributed by atoms with Gasteiger partial charge in [0, 0.05) is 60.1 Å². The standard InChI is InChI=1S/C29H36N10O6/c1-15(36-27(42)21(30)8-18-11-31-13-34-18)25(40)38-23(7-17-10-33-22-6-4-3-5-20(17)22)28(43)37-16(2)26(41)39-24(29(44)45)9-19-12-32-14-35-19/h3-6,10-16,21,23-24,33H,7-9,30H2,1-2H3,(H,31,34)(H,32,35)(H,36,42)(H,37,43)(H,38,40)(H,39,41)(H,44,45)/t15-,16-,21-,23-,24-/m0/s1. The van der Waals surface area contributed by atoms with E-state index in [1.165, 1.54) is 32.7 Å². The molecule has 0 spiro atoms. The molecule has 0 fully saturated rings. The molecule has 238 valence electrons. The lowest BCUT2D eigenvalue weighted by atomic mass is 10.0. The number of fused-ring (bicyclic) bond motifs is 1. The van der Waals surface area contributed by atoms with E-state index in [0.717, 1.165) is 16.5 Å². The number of benzene rings is 1. The van der Waals surface area contributed by atoms with Crippen LogP contribution in [0.25, 0.3) is 10.9 Å². The van der Waals surface area contributed by atoms with Crippen LogP contribution < -0.4 is 27.0 Å². The Bertz CT molecular complexity index is 1620. The molecule has 4 amide bonds. The normalized spacial score (nSPS) is 14.5. The summed E-state index contributed by atoms with van der Waals surface area (Å²) in [4.78, 5) is 80.5. The molecule has 10 N–H and O–H groups in total. The maximum absolute atomic E-state index is 13.5. The van der Waals surface area contributed by atoms with Crippen molar-refractivity contribution in [2.24, 2.45) is 5.73 Å². The Balaban J connectivity index is 1.43. The number of hydrogen-bond acceptors (Lipinski definition) is 8. The lowest BCUT2D eigenvalue weighted by Crippen LogP contribution is -2.58. The van der Waals surface area contributed by atoms with Gasteiger partial charge in [-0.2, -0.15) is 0 Å². The van der Waals surface area contributed by atoms with Crippen molar-refractivity contribution in [3.05, 3.63) is 72.5 Å². The van der Waals surface area contributed by atoms with Gasteiger partial charge in [-0.1, -0.05) is 18.2 Å². The number of amides is 4. The quantitative estimate of drug-likeness (QED) is 0.0792. The SMILES string of the molecule is C[C@H](NC(=O)[C@H](Cc1c[nH]c2ccccc12)NC(=O)[C@H](C)NC(=O)[C@@H](N)Cc1cnc[nH]1)C(=O)N[C@@H](Cc1cnc[nH]1)C(=O)O. The molecule has 16 nitrogen and oxygen atoms in total. The number of imidazole rings is 2. The lowest BCUT2D eigenvalue weighted by molar-refractivity contribution is -0.142. The predicted molar refractivity (Wildman–Crippen MR) is 161 cm³/mol. The average molecular weight is 621 g/mol. The zero-order valence-electron chi connectivity index (χ0n) is 24.7. The van der Waals surface area contributed by atoms with Gasteiger partial charge in [-0.25, -0.2) is 14.8 Å². The van der Waals surface area contributed by atoms with Crippen molar-refractivity contribution in [3.63, 3.8) is 0 Å². The fraction of sp³-hybridized carbons (Fsp3) is 0.345. The molecule has 4 aromatic rings. The van der Waals surface area contributed by atoms with Gasteiger partial charge in [0.2, 0.25) is 23.6 Å². The highest BCUT2D eigenvalue weighted by Gasteiger charge is 2.30. The van der Waals surface area contributed by atoms with Crippen molar-refractivity contribution in [1.82, 2.24) is 46.2 Å². The van der Waals surface area contributed by atoms with Gasteiger partial charge in [0.05, 0.1) is 18.7 Å². The number of hydrogen-bond donors (Lipinski definition) is 9. The molecule has 16 heteroatoms. The summed E-state index contributed by atoms with van der Waals surface area (Å²) in [5.74, 6) is -3.91. The van der Waals surface area contributed by atoms with Gasteiger partial charge in [-0.3, -0.25) is 19.2 Å². The Kier molecular flexibility index (Phi) is 10.6. The fourth-order valence-electron chi connectivity index (χ4n) is 4.63. The molecule has 3 heterocycles. The average Bonchev–Trinajstić information content (AvgIpc) is 3.79. The number of para-hydroxylation sites is 1. The van der Waals surface area contributed by atoms with Crippen LogP contribution in [0.4, 0.5) is 0 Å². The summed E-state index contributed by atoms with van der Waals surface area (Å²) in [5.41, 5.74) is 8.70. The van der Waals surface area contributed by atoms with E-state index in [-0.39, 0.29) is 19.3 Å². The smallest absolute Gasteiger partial charge is 0.326 e. The molecule has 4 rings (SSSR count). The third-order valence-electron chi connectivity index (χ3n) is 7.16. The minimum atomic E-state index is -1.27. The second-order valence-electron chi connectivity index (χ2n) is 10.7. The van der Waals surface area contributed by atoms with Crippen LogP contribution in [0.1, 0.15) is 30.8 Å².